The van der Waals surface area contributed by atoms with E-state index in [-0.39, 0.29) is 16.1 Å². The van der Waals surface area contributed by atoms with Crippen LogP contribution in [0.3, 0.4) is 0 Å². The van der Waals surface area contributed by atoms with Crippen molar-refractivity contribution >= 4 is 44.2 Å². The molecule has 0 unspecified atom stereocenters. The number of nitro benzene ring substituents is 1. The second-order valence-electron chi connectivity index (χ2n) is 6.33. The summed E-state index contributed by atoms with van der Waals surface area (Å²) in [7, 11) is 0. The minimum atomic E-state index is -0.359. The molecule has 0 bridgehead atoms. The van der Waals surface area contributed by atoms with Gasteiger partial charge in [-0.3, -0.25) is 10.1 Å². The molecule has 0 aliphatic heterocycles. The van der Waals surface area contributed by atoms with Crippen LogP contribution in [0.5, 0.6) is 0 Å². The minimum Gasteiger partial charge on any atom is -0.333 e. The Labute approximate surface area is 152 Å². The first kappa shape index (κ1) is 17.5. The summed E-state index contributed by atoms with van der Waals surface area (Å²) in [6.07, 6.45) is 0. The van der Waals surface area contributed by atoms with Gasteiger partial charge in [-0.25, -0.2) is 0 Å². The van der Waals surface area contributed by atoms with Crippen LogP contribution in [0, 0.1) is 27.5 Å². The monoisotopic (exact) mass is 476 g/mol. The number of nitrogens with zero attached hydrogens (tertiary/aromatic N) is 2. The van der Waals surface area contributed by atoms with Crippen molar-refractivity contribution in [2.75, 3.05) is 0 Å². The number of nitro groups is 1. The average Bonchev–Trinajstić information content (AvgIpc) is 2.60. The molecule has 4 nitrogen and oxygen atoms in total. The number of hydrogen-bond donors (Lipinski definition) is 0. The van der Waals surface area contributed by atoms with Crippen molar-refractivity contribution in [3.63, 3.8) is 0 Å². The van der Waals surface area contributed by atoms with Gasteiger partial charge in [0.25, 0.3) is 5.69 Å². The maximum atomic E-state index is 10.9. The number of aryl methyl sites for hydroxylation is 1. The molecule has 0 amide bonds. The zero-order chi connectivity index (χ0) is 16.8. The van der Waals surface area contributed by atoms with Crippen molar-refractivity contribution in [1.29, 1.82) is 0 Å². The molecule has 0 fully saturated rings. The summed E-state index contributed by atoms with van der Waals surface area (Å²) in [5.41, 5.74) is 4.29. The number of rotatable bonds is 2. The highest BCUT2D eigenvalue weighted by atomic mass is 127. The van der Waals surface area contributed by atoms with E-state index in [2.05, 4.69) is 70.8 Å². The number of halogens is 2. The van der Waals surface area contributed by atoms with Gasteiger partial charge in [0.15, 0.2) is 0 Å². The van der Waals surface area contributed by atoms with Gasteiger partial charge in [-0.15, -0.1) is 0 Å². The first-order chi connectivity index (χ1) is 10.1. The van der Waals surface area contributed by atoms with E-state index in [0.717, 1.165) is 24.9 Å². The Hall–Kier alpha value is -0.890. The molecular formula is C16H18BrIN2O2. The molecule has 118 valence electrons. The van der Waals surface area contributed by atoms with Crippen molar-refractivity contribution in [1.82, 2.24) is 4.57 Å². The second-order valence-corrected chi connectivity index (χ2v) is 8.16. The molecule has 22 heavy (non-hydrogen) atoms. The first-order valence-electron chi connectivity index (χ1n) is 6.88. The van der Waals surface area contributed by atoms with Crippen LogP contribution in [-0.4, -0.2) is 9.49 Å². The SMILES string of the molecule is Cc1cc([N+](=O)[O-])ccc1-c1c(I)c(C)n(C(C)(C)C)c1Br. The number of aromatic nitrogens is 1. The van der Waals surface area contributed by atoms with Gasteiger partial charge < -0.3 is 4.57 Å². The molecule has 0 atom stereocenters. The fourth-order valence-electron chi connectivity index (χ4n) is 2.70. The molecule has 1 heterocycles. The predicted octanol–water partition coefficient (Wildman–Crippen LogP) is 5.80. The topological polar surface area (TPSA) is 48.1 Å². The lowest BCUT2D eigenvalue weighted by Gasteiger charge is -2.25. The smallest absolute Gasteiger partial charge is 0.269 e. The Balaban J connectivity index is 2.72. The summed E-state index contributed by atoms with van der Waals surface area (Å²) < 4.78 is 4.43. The maximum absolute atomic E-state index is 10.9. The van der Waals surface area contributed by atoms with E-state index in [4.69, 9.17) is 0 Å². The van der Waals surface area contributed by atoms with Gasteiger partial charge in [0, 0.05) is 32.5 Å². The number of hydrogen-bond acceptors (Lipinski definition) is 2. The molecule has 0 saturated heterocycles. The van der Waals surface area contributed by atoms with E-state index in [9.17, 15) is 10.1 Å². The predicted molar refractivity (Wildman–Crippen MR) is 101 cm³/mol. The Morgan fingerprint density at radius 1 is 1.27 bits per heavy atom. The van der Waals surface area contributed by atoms with Crippen molar-refractivity contribution in [3.05, 3.63) is 47.7 Å². The average molecular weight is 477 g/mol. The lowest BCUT2D eigenvalue weighted by atomic mass is 10.0. The zero-order valence-electron chi connectivity index (χ0n) is 13.2. The Morgan fingerprint density at radius 3 is 2.27 bits per heavy atom. The third-order valence-electron chi connectivity index (χ3n) is 3.64. The largest absolute Gasteiger partial charge is 0.333 e. The molecule has 2 aromatic rings. The molecule has 0 spiro atoms. The molecule has 2 rings (SSSR count). The molecule has 0 saturated carbocycles. The highest BCUT2D eigenvalue weighted by Gasteiger charge is 2.26. The van der Waals surface area contributed by atoms with Gasteiger partial charge in [0.1, 0.15) is 0 Å². The van der Waals surface area contributed by atoms with Gasteiger partial charge in [-0.2, -0.15) is 0 Å². The number of benzene rings is 1. The van der Waals surface area contributed by atoms with Crippen molar-refractivity contribution in [2.24, 2.45) is 0 Å². The Bertz CT molecular complexity index is 760. The molecule has 0 aliphatic carbocycles. The van der Waals surface area contributed by atoms with E-state index in [1.807, 2.05) is 13.0 Å². The van der Waals surface area contributed by atoms with E-state index in [1.165, 1.54) is 5.69 Å². The zero-order valence-corrected chi connectivity index (χ0v) is 16.9. The van der Waals surface area contributed by atoms with Gasteiger partial charge in [-0.1, -0.05) is 0 Å². The van der Waals surface area contributed by atoms with Gasteiger partial charge in [-0.05, 0) is 90.3 Å². The number of non-ortho nitro benzene ring substituents is 1. The van der Waals surface area contributed by atoms with Gasteiger partial charge in [0.05, 0.1) is 9.53 Å². The molecule has 0 N–H and O–H groups in total. The minimum absolute atomic E-state index is 0.0459. The molecule has 1 aromatic heterocycles. The fourth-order valence-corrected chi connectivity index (χ4v) is 5.07. The van der Waals surface area contributed by atoms with Crippen molar-refractivity contribution < 1.29 is 4.92 Å². The Morgan fingerprint density at radius 2 is 1.86 bits per heavy atom. The van der Waals surface area contributed by atoms with Crippen LogP contribution in [0.15, 0.2) is 22.8 Å². The third kappa shape index (κ3) is 2.95. The summed E-state index contributed by atoms with van der Waals surface area (Å²) >= 11 is 6.08. The second kappa shape index (κ2) is 5.96. The van der Waals surface area contributed by atoms with Crippen LogP contribution in [0.4, 0.5) is 5.69 Å². The highest BCUT2D eigenvalue weighted by molar-refractivity contribution is 14.1. The molecule has 6 heteroatoms. The van der Waals surface area contributed by atoms with Crippen molar-refractivity contribution in [3.8, 4) is 11.1 Å². The quantitative estimate of drug-likeness (QED) is 0.312. The van der Waals surface area contributed by atoms with Crippen LogP contribution in [0.2, 0.25) is 0 Å². The summed E-state index contributed by atoms with van der Waals surface area (Å²) in [4.78, 5) is 10.6. The molecule has 1 aromatic carbocycles. The lowest BCUT2D eigenvalue weighted by molar-refractivity contribution is -0.384. The van der Waals surface area contributed by atoms with E-state index < -0.39 is 0 Å². The van der Waals surface area contributed by atoms with Crippen LogP contribution >= 0.6 is 38.5 Å². The Kier molecular flexibility index (Phi) is 4.73. The summed E-state index contributed by atoms with van der Waals surface area (Å²) in [6.45, 7) is 10.5. The summed E-state index contributed by atoms with van der Waals surface area (Å²) in [5.74, 6) is 0. The van der Waals surface area contributed by atoms with Crippen LogP contribution in [0.25, 0.3) is 11.1 Å². The van der Waals surface area contributed by atoms with Gasteiger partial charge >= 0.3 is 0 Å². The van der Waals surface area contributed by atoms with Crippen LogP contribution in [0.1, 0.15) is 32.0 Å². The normalized spacial score (nSPS) is 11.8. The third-order valence-corrected chi connectivity index (χ3v) is 5.71. The first-order valence-corrected chi connectivity index (χ1v) is 8.75. The lowest BCUT2D eigenvalue weighted by Crippen LogP contribution is -2.23. The standard InChI is InChI=1S/C16H18BrIN2O2/c1-9-8-11(20(21)22)6-7-12(9)13-14(18)10(2)19(15(13)17)16(3,4)5/h6-8H,1-5H3. The van der Waals surface area contributed by atoms with E-state index >= 15 is 0 Å². The molecule has 0 radical (unpaired) electrons. The van der Waals surface area contributed by atoms with E-state index in [1.54, 1.807) is 12.1 Å². The summed E-state index contributed by atoms with van der Waals surface area (Å²) in [6, 6.07) is 5.03. The maximum Gasteiger partial charge on any atom is 0.269 e. The van der Waals surface area contributed by atoms with Crippen LogP contribution < -0.4 is 0 Å². The highest BCUT2D eigenvalue weighted by Crippen LogP contribution is 2.41. The molecule has 0 aliphatic rings. The van der Waals surface area contributed by atoms with Crippen LogP contribution in [-0.2, 0) is 5.54 Å². The van der Waals surface area contributed by atoms with E-state index in [0.29, 0.717) is 0 Å². The van der Waals surface area contributed by atoms with Gasteiger partial charge in [0.2, 0.25) is 0 Å². The van der Waals surface area contributed by atoms with Crippen molar-refractivity contribution in [2.45, 2.75) is 40.2 Å². The molecular weight excluding hydrogens is 459 g/mol. The fraction of sp³-hybridized carbons (Fsp3) is 0.375. The summed E-state index contributed by atoms with van der Waals surface area (Å²) in [5, 5.41) is 10.9.